The van der Waals surface area contributed by atoms with Crippen LogP contribution < -0.4 is 20.6 Å². The molecule has 0 saturated heterocycles. The van der Waals surface area contributed by atoms with E-state index in [-0.39, 0.29) is 11.3 Å². The molecule has 1 aromatic carbocycles. The molecule has 0 aliphatic heterocycles. The van der Waals surface area contributed by atoms with Crippen LogP contribution in [-0.4, -0.2) is 17.2 Å². The van der Waals surface area contributed by atoms with E-state index in [1.165, 1.54) is 12.1 Å². The fourth-order valence-electron chi connectivity index (χ4n) is 3.25. The number of rotatable bonds is 7. The van der Waals surface area contributed by atoms with Gasteiger partial charge in [-0.1, -0.05) is 39.0 Å². The average Bonchev–Trinajstić information content (AvgIpc) is 2.97. The normalized spacial score (nSPS) is 15.1. The molecular formula is C19H24F2N3O3S-. The van der Waals surface area contributed by atoms with Gasteiger partial charge in [-0.15, -0.1) is 0 Å². The van der Waals surface area contributed by atoms with E-state index >= 15 is 0 Å². The first-order valence-electron chi connectivity index (χ1n) is 8.86. The van der Waals surface area contributed by atoms with Gasteiger partial charge in [0.05, 0.1) is 11.7 Å². The van der Waals surface area contributed by atoms with Crippen molar-refractivity contribution in [1.29, 1.82) is 0 Å². The van der Waals surface area contributed by atoms with Crippen LogP contribution in [0.25, 0.3) is 0 Å². The lowest BCUT2D eigenvalue weighted by atomic mass is 9.69. The molecule has 2 unspecified atom stereocenters. The van der Waals surface area contributed by atoms with Gasteiger partial charge in [-0.25, -0.2) is 8.78 Å². The maximum Gasteiger partial charge on any atom is 0.304 e. The van der Waals surface area contributed by atoms with Gasteiger partial charge in [-0.3, -0.25) is 10.1 Å². The molecule has 0 aliphatic carbocycles. The Hall–Kier alpha value is -2.26. The van der Waals surface area contributed by atoms with Gasteiger partial charge in [0.2, 0.25) is 0 Å². The molecule has 2 aromatic rings. The molecule has 0 radical (unpaired) electrons. The maximum absolute atomic E-state index is 13.8. The van der Waals surface area contributed by atoms with E-state index in [1.807, 2.05) is 20.8 Å². The van der Waals surface area contributed by atoms with Gasteiger partial charge in [-0.05, 0) is 36.0 Å². The van der Waals surface area contributed by atoms with E-state index in [9.17, 15) is 23.5 Å². The van der Waals surface area contributed by atoms with Gasteiger partial charge >= 0.3 is 4.87 Å². The predicted molar refractivity (Wildman–Crippen MR) is 102 cm³/mol. The fourth-order valence-corrected chi connectivity index (χ4v) is 4.30. The Labute approximate surface area is 166 Å². The molecule has 1 aromatic heterocycles. The number of aromatic nitrogens is 1. The molecule has 0 fully saturated rings. The van der Waals surface area contributed by atoms with Crippen molar-refractivity contribution in [3.8, 4) is 0 Å². The van der Waals surface area contributed by atoms with Crippen LogP contribution in [0, 0.1) is 17.0 Å². The first-order valence-corrected chi connectivity index (χ1v) is 9.67. The second-order valence-corrected chi connectivity index (χ2v) is 8.70. The largest absolute Gasteiger partial charge is 0.530 e. The number of thiazole rings is 1. The van der Waals surface area contributed by atoms with Gasteiger partial charge in [-0.2, -0.15) is 0 Å². The number of hydrogen-bond acceptors (Lipinski definition) is 5. The average molecular weight is 412 g/mol. The van der Waals surface area contributed by atoms with E-state index in [4.69, 9.17) is 0 Å². The number of benzene rings is 1. The van der Waals surface area contributed by atoms with E-state index in [0.29, 0.717) is 16.9 Å². The standard InChI is InChI=1S/C19H25F2N3O3S/c1-5-15(23-16(25)26)24-19(18(2,3)4,14-10-22-17(27)28-14)9-11-6-12(20)8-13(21)7-11/h6-8,10,15,23-24H,5,9H2,1-4H3,(H,22,27)(H,25,26)/p-1. The summed E-state index contributed by atoms with van der Waals surface area (Å²) in [6, 6.07) is 3.25. The molecule has 0 aliphatic rings. The number of nitrogens with one attached hydrogen (secondary N) is 3. The number of hydrogen-bond donors (Lipinski definition) is 3. The SMILES string of the molecule is CCC(NC(=O)[O-])NC(Cc1cc(F)cc(F)c1)(c1c[nH]c(=O)s1)C(C)(C)C. The Balaban J connectivity index is 2.62. The molecule has 2 atom stereocenters. The molecule has 9 heteroatoms. The Kier molecular flexibility index (Phi) is 6.61. The molecule has 2 rings (SSSR count). The molecule has 1 amide bonds. The summed E-state index contributed by atoms with van der Waals surface area (Å²) < 4.78 is 27.6. The molecule has 0 spiro atoms. The van der Waals surface area contributed by atoms with Crippen LogP contribution in [0.5, 0.6) is 0 Å². The summed E-state index contributed by atoms with van der Waals surface area (Å²) >= 11 is 0.969. The van der Waals surface area contributed by atoms with Crippen molar-refractivity contribution >= 4 is 17.4 Å². The van der Waals surface area contributed by atoms with E-state index in [0.717, 1.165) is 17.4 Å². The molecular weight excluding hydrogens is 388 g/mol. The van der Waals surface area contributed by atoms with Crippen LogP contribution in [0.4, 0.5) is 13.6 Å². The first kappa shape index (κ1) is 22.0. The Morgan fingerprint density at radius 2 is 1.86 bits per heavy atom. The summed E-state index contributed by atoms with van der Waals surface area (Å²) in [7, 11) is 0. The molecule has 6 nitrogen and oxygen atoms in total. The highest BCUT2D eigenvalue weighted by molar-refractivity contribution is 7.09. The van der Waals surface area contributed by atoms with Crippen LogP contribution in [0.3, 0.4) is 0 Å². The van der Waals surface area contributed by atoms with Crippen LogP contribution in [0.15, 0.2) is 29.2 Å². The van der Waals surface area contributed by atoms with Gasteiger partial charge in [0.1, 0.15) is 17.7 Å². The van der Waals surface area contributed by atoms with Crippen LogP contribution in [0.1, 0.15) is 44.6 Å². The smallest absolute Gasteiger partial charge is 0.304 e. The number of carbonyl (C=O) groups excluding carboxylic acids is 1. The minimum absolute atomic E-state index is 0.129. The minimum Gasteiger partial charge on any atom is -0.530 e. The van der Waals surface area contributed by atoms with E-state index in [2.05, 4.69) is 15.6 Å². The number of halogens is 2. The van der Waals surface area contributed by atoms with Crippen molar-refractivity contribution in [2.45, 2.75) is 52.2 Å². The van der Waals surface area contributed by atoms with Gasteiger partial charge < -0.3 is 20.2 Å². The fraction of sp³-hybridized carbons (Fsp3) is 0.474. The first-order chi connectivity index (χ1) is 13.0. The monoisotopic (exact) mass is 412 g/mol. The van der Waals surface area contributed by atoms with Crippen molar-refractivity contribution in [1.82, 2.24) is 15.6 Å². The molecule has 0 saturated carbocycles. The topological polar surface area (TPSA) is 97.0 Å². The zero-order chi connectivity index (χ0) is 21.1. The minimum atomic E-state index is -1.44. The Bertz CT molecular complexity index is 871. The second-order valence-electron chi connectivity index (χ2n) is 7.69. The zero-order valence-electron chi connectivity index (χ0n) is 16.2. The third-order valence-corrected chi connectivity index (χ3v) is 5.73. The highest BCUT2D eigenvalue weighted by Crippen LogP contribution is 2.43. The predicted octanol–water partition coefficient (Wildman–Crippen LogP) is 2.46. The third-order valence-electron chi connectivity index (χ3n) is 4.74. The highest BCUT2D eigenvalue weighted by Gasteiger charge is 2.46. The zero-order valence-corrected chi connectivity index (χ0v) is 17.0. The number of H-pyrrole nitrogens is 1. The quantitative estimate of drug-likeness (QED) is 0.609. The summed E-state index contributed by atoms with van der Waals surface area (Å²) in [5.41, 5.74) is -1.19. The molecule has 0 bridgehead atoms. The lowest BCUT2D eigenvalue weighted by Crippen LogP contribution is -2.62. The summed E-state index contributed by atoms with van der Waals surface area (Å²) in [6.45, 7) is 7.51. The van der Waals surface area contributed by atoms with Crippen molar-refractivity contribution < 1.29 is 18.7 Å². The van der Waals surface area contributed by atoms with Crippen molar-refractivity contribution in [2.75, 3.05) is 0 Å². The van der Waals surface area contributed by atoms with Gasteiger partial charge in [0.25, 0.3) is 0 Å². The lowest BCUT2D eigenvalue weighted by Gasteiger charge is -2.47. The summed E-state index contributed by atoms with van der Waals surface area (Å²) in [5, 5.41) is 16.7. The van der Waals surface area contributed by atoms with E-state index < -0.39 is 34.8 Å². The maximum atomic E-state index is 13.8. The van der Waals surface area contributed by atoms with Gasteiger partial charge in [0, 0.05) is 17.1 Å². The Morgan fingerprint density at radius 3 is 2.29 bits per heavy atom. The third kappa shape index (κ3) is 4.96. The number of aromatic amines is 1. The van der Waals surface area contributed by atoms with Gasteiger partial charge in [0.15, 0.2) is 0 Å². The summed E-state index contributed by atoms with van der Waals surface area (Å²) in [4.78, 5) is 25.9. The summed E-state index contributed by atoms with van der Waals surface area (Å²) in [6.07, 6.45) is -0.0690. The van der Waals surface area contributed by atoms with Crippen molar-refractivity contribution in [3.05, 3.63) is 56.1 Å². The lowest BCUT2D eigenvalue weighted by molar-refractivity contribution is -0.252. The van der Waals surface area contributed by atoms with Crippen molar-refractivity contribution in [2.24, 2.45) is 5.41 Å². The number of amides is 1. The Morgan fingerprint density at radius 1 is 1.25 bits per heavy atom. The van der Waals surface area contributed by atoms with Crippen molar-refractivity contribution in [3.63, 3.8) is 0 Å². The van der Waals surface area contributed by atoms with Crippen LogP contribution in [-0.2, 0) is 12.0 Å². The second kappa shape index (κ2) is 8.40. The number of carbonyl (C=O) groups is 1. The molecule has 1 heterocycles. The molecule has 3 N–H and O–H groups in total. The highest BCUT2D eigenvalue weighted by atomic mass is 32.1. The van der Waals surface area contributed by atoms with Crippen LogP contribution in [0.2, 0.25) is 0 Å². The summed E-state index contributed by atoms with van der Waals surface area (Å²) in [5.74, 6) is -1.42. The molecule has 154 valence electrons. The number of carboxylic acid groups (broad SMARTS) is 1. The van der Waals surface area contributed by atoms with E-state index in [1.54, 1.807) is 13.1 Å². The van der Waals surface area contributed by atoms with Crippen LogP contribution >= 0.6 is 11.3 Å². The molecule has 28 heavy (non-hydrogen) atoms.